The molecular weight excluding hydrogens is 240 g/mol. The van der Waals surface area contributed by atoms with Crippen LogP contribution in [0, 0.1) is 0 Å². The molecule has 4 bridgehead atoms. The average Bonchev–Trinajstić information content (AvgIpc) is 3.02. The zero-order chi connectivity index (χ0) is 13.1. The van der Waals surface area contributed by atoms with Crippen LogP contribution in [0.2, 0.25) is 0 Å². The Balaban J connectivity index is 1.55. The summed E-state index contributed by atoms with van der Waals surface area (Å²) in [5, 5.41) is 7.18. The molecule has 110 valence electrons. The Morgan fingerprint density at radius 3 is 1.89 bits per heavy atom. The minimum atomic E-state index is 0.538. The summed E-state index contributed by atoms with van der Waals surface area (Å²) in [7, 11) is 0. The largest absolute Gasteiger partial charge is 0.303 e. The normalized spacial score (nSPS) is 45.0. The third-order valence-corrected chi connectivity index (χ3v) is 4.45. The first-order chi connectivity index (χ1) is 9.29. The third kappa shape index (κ3) is 3.87. The number of hydrogen-bond acceptors (Lipinski definition) is 6. The summed E-state index contributed by atoms with van der Waals surface area (Å²) < 4.78 is 0. The summed E-state index contributed by atoms with van der Waals surface area (Å²) in [5.41, 5.74) is 0. The second-order valence-electron chi connectivity index (χ2n) is 6.18. The van der Waals surface area contributed by atoms with Gasteiger partial charge in [0.05, 0.1) is 13.3 Å². The molecular formula is C13H28N6. The molecule has 0 aromatic carbocycles. The van der Waals surface area contributed by atoms with Crippen molar-refractivity contribution in [2.24, 2.45) is 0 Å². The van der Waals surface area contributed by atoms with Crippen LogP contribution >= 0.6 is 0 Å². The zero-order valence-electron chi connectivity index (χ0n) is 12.1. The van der Waals surface area contributed by atoms with Gasteiger partial charge in [-0.05, 0) is 6.92 Å². The smallest absolute Gasteiger partial charge is 0.0519 e. The van der Waals surface area contributed by atoms with Gasteiger partial charge in [-0.15, -0.1) is 0 Å². The van der Waals surface area contributed by atoms with E-state index in [2.05, 4.69) is 37.2 Å². The molecule has 0 saturated carbocycles. The Morgan fingerprint density at radius 2 is 1.26 bits per heavy atom. The third-order valence-electron chi connectivity index (χ3n) is 4.45. The van der Waals surface area contributed by atoms with Crippen LogP contribution in [-0.2, 0) is 0 Å². The first kappa shape index (κ1) is 13.7. The minimum Gasteiger partial charge on any atom is -0.303 e. The summed E-state index contributed by atoms with van der Waals surface area (Å²) in [5.74, 6) is 0. The van der Waals surface area contributed by atoms with Gasteiger partial charge in [-0.2, -0.15) is 0 Å². The summed E-state index contributed by atoms with van der Waals surface area (Å²) in [6.45, 7) is 14.9. The highest BCUT2D eigenvalue weighted by atomic mass is 15.4. The summed E-state index contributed by atoms with van der Waals surface area (Å²) in [6.07, 6.45) is 0. The second kappa shape index (κ2) is 6.47. The Hall–Kier alpha value is -0.240. The lowest BCUT2D eigenvalue weighted by Crippen LogP contribution is -2.45. The van der Waals surface area contributed by atoms with Gasteiger partial charge in [0, 0.05) is 65.2 Å². The average molecular weight is 268 g/mol. The van der Waals surface area contributed by atoms with Crippen molar-refractivity contribution in [1.82, 2.24) is 30.2 Å². The topological polar surface area (TPSA) is 37.0 Å². The summed E-state index contributed by atoms with van der Waals surface area (Å²) in [6, 6.07) is 0.538. The van der Waals surface area contributed by atoms with Gasteiger partial charge in [-0.1, -0.05) is 0 Å². The first-order valence-corrected chi connectivity index (χ1v) is 7.63. The Morgan fingerprint density at radius 1 is 0.737 bits per heavy atom. The van der Waals surface area contributed by atoms with Crippen molar-refractivity contribution >= 4 is 0 Å². The van der Waals surface area contributed by atoms with Crippen molar-refractivity contribution in [3.63, 3.8) is 0 Å². The quantitative estimate of drug-likeness (QED) is 0.565. The lowest BCUT2D eigenvalue weighted by atomic mass is 10.3. The fraction of sp³-hybridized carbons (Fsp3) is 1.00. The van der Waals surface area contributed by atoms with E-state index in [1.165, 1.54) is 39.3 Å². The number of rotatable bonds is 0. The molecule has 6 heteroatoms. The Labute approximate surface area is 116 Å². The second-order valence-corrected chi connectivity index (χ2v) is 6.18. The molecule has 5 atom stereocenters. The van der Waals surface area contributed by atoms with Crippen molar-refractivity contribution in [2.45, 2.75) is 13.0 Å². The molecule has 3 heterocycles. The van der Waals surface area contributed by atoms with Crippen molar-refractivity contribution in [3.8, 4) is 0 Å². The molecule has 5 unspecified atom stereocenters. The van der Waals surface area contributed by atoms with Gasteiger partial charge in [0.15, 0.2) is 0 Å². The molecule has 19 heavy (non-hydrogen) atoms. The standard InChI is InChI=1S/C13H28N6/c1-13-8-14-9-18-6-4-16(11-18)2-3-17-5-7-19(12-17)10-15-13/h13-15H,2-12H2,1H3. The predicted octanol–water partition coefficient (Wildman–Crippen LogP) is -1.37. The minimum absolute atomic E-state index is 0.538. The fourth-order valence-electron chi connectivity index (χ4n) is 3.12. The number of hydrogen-bond donors (Lipinski definition) is 2. The molecule has 3 rings (SSSR count). The molecule has 3 aliphatic heterocycles. The van der Waals surface area contributed by atoms with Crippen LogP contribution < -0.4 is 10.6 Å². The number of nitrogens with zero attached hydrogens (tertiary/aromatic N) is 4. The highest BCUT2D eigenvalue weighted by Crippen LogP contribution is 2.07. The molecule has 0 amide bonds. The molecule has 2 N–H and O–H groups in total. The van der Waals surface area contributed by atoms with Gasteiger partial charge in [-0.25, -0.2) is 0 Å². The van der Waals surface area contributed by atoms with Crippen LogP contribution in [0.15, 0.2) is 0 Å². The highest BCUT2D eigenvalue weighted by Gasteiger charge is 2.23. The van der Waals surface area contributed by atoms with Crippen LogP contribution in [-0.4, -0.2) is 98.1 Å². The van der Waals surface area contributed by atoms with E-state index >= 15 is 0 Å². The molecule has 3 saturated heterocycles. The van der Waals surface area contributed by atoms with Crippen LogP contribution in [0.5, 0.6) is 0 Å². The lowest BCUT2D eigenvalue weighted by molar-refractivity contribution is 0.180. The summed E-state index contributed by atoms with van der Waals surface area (Å²) >= 11 is 0. The molecule has 0 aliphatic carbocycles. The van der Waals surface area contributed by atoms with E-state index in [0.29, 0.717) is 6.04 Å². The van der Waals surface area contributed by atoms with E-state index in [-0.39, 0.29) is 0 Å². The molecule has 0 aromatic heterocycles. The lowest BCUT2D eigenvalue weighted by Gasteiger charge is -2.25. The van der Waals surface area contributed by atoms with E-state index in [4.69, 9.17) is 0 Å². The predicted molar refractivity (Wildman–Crippen MR) is 76.6 cm³/mol. The molecule has 0 spiro atoms. The molecule has 6 nitrogen and oxygen atoms in total. The van der Waals surface area contributed by atoms with Crippen LogP contribution in [0.4, 0.5) is 0 Å². The van der Waals surface area contributed by atoms with E-state index in [1.54, 1.807) is 0 Å². The molecule has 0 aromatic rings. The van der Waals surface area contributed by atoms with Crippen molar-refractivity contribution in [1.29, 1.82) is 0 Å². The van der Waals surface area contributed by atoms with Crippen molar-refractivity contribution in [2.75, 3.05) is 72.5 Å². The fourth-order valence-corrected chi connectivity index (χ4v) is 3.12. The van der Waals surface area contributed by atoms with E-state index in [1.807, 2.05) is 0 Å². The van der Waals surface area contributed by atoms with E-state index < -0.39 is 0 Å². The first-order valence-electron chi connectivity index (χ1n) is 7.63. The Kier molecular flexibility index (Phi) is 4.68. The maximum atomic E-state index is 3.62. The molecule has 3 fully saturated rings. The monoisotopic (exact) mass is 268 g/mol. The Bertz CT molecular complexity index is 286. The van der Waals surface area contributed by atoms with Crippen LogP contribution in [0.25, 0.3) is 0 Å². The van der Waals surface area contributed by atoms with Gasteiger partial charge in [0.2, 0.25) is 0 Å². The number of fused-ring (bicyclic) bond motifs is 4. The van der Waals surface area contributed by atoms with E-state index in [0.717, 1.165) is 33.2 Å². The van der Waals surface area contributed by atoms with Gasteiger partial charge in [-0.3, -0.25) is 19.6 Å². The SMILES string of the molecule is CC1CNCN2CCN(CCN3CCN(CN1)C3)C2. The molecule has 0 radical (unpaired) electrons. The van der Waals surface area contributed by atoms with Crippen molar-refractivity contribution in [3.05, 3.63) is 0 Å². The summed E-state index contributed by atoms with van der Waals surface area (Å²) in [4.78, 5) is 10.2. The van der Waals surface area contributed by atoms with Gasteiger partial charge < -0.3 is 10.6 Å². The van der Waals surface area contributed by atoms with Crippen molar-refractivity contribution < 1.29 is 0 Å². The highest BCUT2D eigenvalue weighted by molar-refractivity contribution is 4.77. The zero-order valence-corrected chi connectivity index (χ0v) is 12.1. The van der Waals surface area contributed by atoms with Gasteiger partial charge in [0.1, 0.15) is 0 Å². The molecule has 3 aliphatic rings. The van der Waals surface area contributed by atoms with Gasteiger partial charge >= 0.3 is 0 Å². The number of nitrogens with one attached hydrogen (secondary N) is 2. The van der Waals surface area contributed by atoms with Crippen LogP contribution in [0.3, 0.4) is 0 Å². The maximum absolute atomic E-state index is 3.62. The van der Waals surface area contributed by atoms with E-state index in [9.17, 15) is 0 Å². The maximum Gasteiger partial charge on any atom is 0.0519 e. The van der Waals surface area contributed by atoms with Gasteiger partial charge in [0.25, 0.3) is 0 Å². The van der Waals surface area contributed by atoms with Crippen LogP contribution in [0.1, 0.15) is 6.92 Å².